The molecule has 1 aliphatic rings. The van der Waals surface area contributed by atoms with Crippen molar-refractivity contribution >= 4 is 49.3 Å². The standard InChI is InChI=1S/C25H22FN7O2S/c26-21-16-33(36(34,35)22-5-1-3-17-4-2-10-28-23(17)22)24-20(21)15-29-25(31-24)30-18-6-8-19(9-7-18)32-13-11-27-12-14-32/h1-10,15-16,27H,11-14H2,(H,29,30,31). The van der Waals surface area contributed by atoms with Crippen molar-refractivity contribution in [1.82, 2.24) is 24.2 Å². The summed E-state index contributed by atoms with van der Waals surface area (Å²) in [5.74, 6) is -0.572. The molecule has 5 aromatic rings. The van der Waals surface area contributed by atoms with E-state index in [1.54, 1.807) is 24.3 Å². The minimum atomic E-state index is -4.19. The summed E-state index contributed by atoms with van der Waals surface area (Å²) < 4.78 is 42.8. The zero-order valence-electron chi connectivity index (χ0n) is 19.1. The van der Waals surface area contributed by atoms with Crippen LogP contribution in [-0.2, 0) is 10.0 Å². The molecule has 9 nitrogen and oxygen atoms in total. The molecule has 0 atom stereocenters. The maximum atomic E-state index is 14.7. The van der Waals surface area contributed by atoms with Crippen LogP contribution in [0.5, 0.6) is 0 Å². The van der Waals surface area contributed by atoms with E-state index in [1.165, 1.54) is 18.5 Å². The largest absolute Gasteiger partial charge is 0.369 e. The molecule has 1 fully saturated rings. The number of hydrogen-bond acceptors (Lipinski definition) is 8. The van der Waals surface area contributed by atoms with E-state index < -0.39 is 15.8 Å². The van der Waals surface area contributed by atoms with Gasteiger partial charge in [-0.3, -0.25) is 4.98 Å². The van der Waals surface area contributed by atoms with Crippen molar-refractivity contribution in [2.45, 2.75) is 4.90 Å². The third-order valence-electron chi connectivity index (χ3n) is 6.20. The number of halogens is 1. The lowest BCUT2D eigenvalue weighted by Crippen LogP contribution is -2.43. The molecule has 2 aromatic carbocycles. The molecular weight excluding hydrogens is 481 g/mol. The Balaban J connectivity index is 1.36. The van der Waals surface area contributed by atoms with Crippen molar-refractivity contribution in [3.05, 3.63) is 79.0 Å². The lowest BCUT2D eigenvalue weighted by molar-refractivity contribution is 0.586. The maximum Gasteiger partial charge on any atom is 0.271 e. The third-order valence-corrected chi connectivity index (χ3v) is 7.88. The molecule has 4 heterocycles. The number of aromatic nitrogens is 4. The topological polar surface area (TPSA) is 105 Å². The van der Waals surface area contributed by atoms with E-state index in [0.29, 0.717) is 10.9 Å². The van der Waals surface area contributed by atoms with Crippen molar-refractivity contribution in [2.75, 3.05) is 36.4 Å². The third kappa shape index (κ3) is 3.91. The van der Waals surface area contributed by atoms with Crippen molar-refractivity contribution in [3.63, 3.8) is 0 Å². The summed E-state index contributed by atoms with van der Waals surface area (Å²) in [6, 6.07) is 16.2. The zero-order valence-corrected chi connectivity index (χ0v) is 19.9. The second-order valence-corrected chi connectivity index (χ2v) is 10.2. The normalized spacial score (nSPS) is 14.4. The molecule has 2 N–H and O–H groups in total. The minimum absolute atomic E-state index is 0.00590. The zero-order chi connectivity index (χ0) is 24.7. The molecule has 11 heteroatoms. The van der Waals surface area contributed by atoms with E-state index in [2.05, 4.69) is 30.5 Å². The maximum absolute atomic E-state index is 14.7. The summed E-state index contributed by atoms with van der Waals surface area (Å²) in [5, 5.41) is 7.09. The van der Waals surface area contributed by atoms with Crippen molar-refractivity contribution < 1.29 is 12.8 Å². The molecule has 36 heavy (non-hydrogen) atoms. The highest BCUT2D eigenvalue weighted by Crippen LogP contribution is 2.28. The summed E-state index contributed by atoms with van der Waals surface area (Å²) in [6.07, 6.45) is 3.72. The number of fused-ring (bicyclic) bond motifs is 2. The summed E-state index contributed by atoms with van der Waals surface area (Å²) in [5.41, 5.74) is 2.09. The molecule has 182 valence electrons. The second kappa shape index (κ2) is 8.85. The van der Waals surface area contributed by atoms with E-state index >= 15 is 0 Å². The molecule has 1 aliphatic heterocycles. The number of hydrogen-bond donors (Lipinski definition) is 2. The molecule has 0 saturated carbocycles. The van der Waals surface area contributed by atoms with Gasteiger partial charge in [-0.05, 0) is 36.4 Å². The number of piperazine rings is 1. The highest BCUT2D eigenvalue weighted by atomic mass is 32.2. The Hall–Kier alpha value is -4.09. The highest BCUT2D eigenvalue weighted by molar-refractivity contribution is 7.90. The Morgan fingerprint density at radius 1 is 0.972 bits per heavy atom. The Kier molecular flexibility index (Phi) is 5.50. The van der Waals surface area contributed by atoms with E-state index in [9.17, 15) is 12.8 Å². The fraction of sp³-hybridized carbons (Fsp3) is 0.160. The number of para-hydroxylation sites is 1. The number of nitrogens with zero attached hydrogens (tertiary/aromatic N) is 5. The molecule has 0 amide bonds. The predicted octanol–water partition coefficient (Wildman–Crippen LogP) is 3.51. The van der Waals surface area contributed by atoms with Gasteiger partial charge in [0.05, 0.1) is 17.1 Å². The van der Waals surface area contributed by atoms with E-state index in [1.807, 2.05) is 24.3 Å². The lowest BCUT2D eigenvalue weighted by atomic mass is 10.2. The first-order chi connectivity index (χ1) is 17.5. The molecular formula is C25H22FN7O2S. The molecule has 0 aliphatic carbocycles. The fourth-order valence-electron chi connectivity index (χ4n) is 4.38. The van der Waals surface area contributed by atoms with E-state index in [0.717, 1.165) is 47.7 Å². The van der Waals surface area contributed by atoms with Gasteiger partial charge < -0.3 is 15.5 Å². The fourth-order valence-corrected chi connectivity index (χ4v) is 5.86. The molecule has 0 bridgehead atoms. The second-order valence-electron chi connectivity index (χ2n) is 8.45. The number of rotatable bonds is 5. The predicted molar refractivity (Wildman–Crippen MR) is 137 cm³/mol. The Labute approximate surface area is 206 Å². The van der Waals surface area contributed by atoms with Crippen molar-refractivity contribution in [2.24, 2.45) is 0 Å². The minimum Gasteiger partial charge on any atom is -0.369 e. The SMILES string of the molecule is O=S(=O)(c1cccc2cccnc12)n1cc(F)c2cnc(Nc3ccc(N4CCNCC4)cc3)nc21. The van der Waals surface area contributed by atoms with Crippen LogP contribution in [0.25, 0.3) is 21.9 Å². The van der Waals surface area contributed by atoms with E-state index in [4.69, 9.17) is 0 Å². The Morgan fingerprint density at radius 2 is 1.75 bits per heavy atom. The van der Waals surface area contributed by atoms with Crippen LogP contribution >= 0.6 is 0 Å². The van der Waals surface area contributed by atoms with Crippen LogP contribution in [0.4, 0.5) is 21.7 Å². The van der Waals surface area contributed by atoms with Gasteiger partial charge in [0.1, 0.15) is 4.90 Å². The van der Waals surface area contributed by atoms with Gasteiger partial charge in [-0.25, -0.2) is 21.8 Å². The van der Waals surface area contributed by atoms with Gasteiger partial charge in [0.25, 0.3) is 10.0 Å². The molecule has 6 rings (SSSR count). The van der Waals surface area contributed by atoms with Gasteiger partial charge >= 0.3 is 0 Å². The van der Waals surface area contributed by atoms with Gasteiger partial charge in [0, 0.05) is 55.3 Å². The smallest absolute Gasteiger partial charge is 0.271 e. The van der Waals surface area contributed by atoms with Gasteiger partial charge in [0.15, 0.2) is 11.5 Å². The van der Waals surface area contributed by atoms with Crippen molar-refractivity contribution in [3.8, 4) is 0 Å². The van der Waals surface area contributed by atoms with Crippen LogP contribution in [-0.4, -0.2) is 53.5 Å². The number of pyridine rings is 1. The quantitative estimate of drug-likeness (QED) is 0.376. The van der Waals surface area contributed by atoms with Gasteiger partial charge in [-0.2, -0.15) is 4.98 Å². The van der Waals surface area contributed by atoms with Crippen LogP contribution in [0.2, 0.25) is 0 Å². The summed E-state index contributed by atoms with van der Waals surface area (Å²) >= 11 is 0. The first-order valence-corrected chi connectivity index (χ1v) is 12.9. The number of benzene rings is 2. The number of nitrogens with one attached hydrogen (secondary N) is 2. The Bertz CT molecular complexity index is 1680. The van der Waals surface area contributed by atoms with E-state index in [-0.39, 0.29) is 21.9 Å². The first kappa shape index (κ1) is 22.4. The molecule has 0 spiro atoms. The van der Waals surface area contributed by atoms with Gasteiger partial charge in [0.2, 0.25) is 5.95 Å². The average Bonchev–Trinajstić information content (AvgIpc) is 3.25. The van der Waals surface area contributed by atoms with Crippen LogP contribution in [0.15, 0.2) is 78.1 Å². The molecule has 0 radical (unpaired) electrons. The molecule has 0 unspecified atom stereocenters. The van der Waals surface area contributed by atoms with Gasteiger partial charge in [-0.1, -0.05) is 18.2 Å². The van der Waals surface area contributed by atoms with Crippen LogP contribution in [0.3, 0.4) is 0 Å². The summed E-state index contributed by atoms with van der Waals surface area (Å²) in [4.78, 5) is 15.0. The lowest BCUT2D eigenvalue weighted by Gasteiger charge is -2.29. The Morgan fingerprint density at radius 3 is 2.56 bits per heavy atom. The molecule has 1 saturated heterocycles. The van der Waals surface area contributed by atoms with Crippen molar-refractivity contribution in [1.29, 1.82) is 0 Å². The van der Waals surface area contributed by atoms with Gasteiger partial charge in [-0.15, -0.1) is 0 Å². The van der Waals surface area contributed by atoms with Crippen LogP contribution < -0.4 is 15.5 Å². The monoisotopic (exact) mass is 503 g/mol. The first-order valence-electron chi connectivity index (χ1n) is 11.5. The molecule has 3 aromatic heterocycles. The average molecular weight is 504 g/mol. The highest BCUT2D eigenvalue weighted by Gasteiger charge is 2.25. The van der Waals surface area contributed by atoms with Crippen LogP contribution in [0, 0.1) is 5.82 Å². The van der Waals surface area contributed by atoms with Crippen LogP contribution in [0.1, 0.15) is 0 Å². The summed E-state index contributed by atoms with van der Waals surface area (Å²) in [6.45, 7) is 3.77. The summed E-state index contributed by atoms with van der Waals surface area (Å²) in [7, 11) is -4.19. The number of anilines is 3.